The topological polar surface area (TPSA) is 35.2 Å². The molecule has 2 heteroatoms. The minimum absolute atomic E-state index is 0.0569. The molecule has 1 aliphatic carbocycles. The average Bonchev–Trinajstić information content (AvgIpc) is 2.29. The summed E-state index contributed by atoms with van der Waals surface area (Å²) in [7, 11) is 0. The fraction of sp³-hybridized carbons (Fsp3) is 0.538. The van der Waals surface area contributed by atoms with Gasteiger partial charge in [-0.05, 0) is 30.4 Å². The second-order valence-corrected chi connectivity index (χ2v) is 4.17. The first kappa shape index (κ1) is 10.7. The summed E-state index contributed by atoms with van der Waals surface area (Å²) in [6.07, 6.45) is 3.42. The third kappa shape index (κ3) is 2.21. The van der Waals surface area contributed by atoms with Crippen LogP contribution < -0.4 is 5.73 Å². The van der Waals surface area contributed by atoms with Crippen LogP contribution in [0.3, 0.4) is 0 Å². The van der Waals surface area contributed by atoms with Gasteiger partial charge in [-0.3, -0.25) is 0 Å². The first-order chi connectivity index (χ1) is 7.33. The van der Waals surface area contributed by atoms with Crippen molar-refractivity contribution in [3.8, 4) is 0 Å². The van der Waals surface area contributed by atoms with Gasteiger partial charge in [0.05, 0.1) is 12.1 Å². The molecule has 0 amide bonds. The maximum atomic E-state index is 6.21. The maximum Gasteiger partial charge on any atom is 0.0770 e. The number of ether oxygens (including phenoxy) is 1. The molecular weight excluding hydrogens is 186 g/mol. The van der Waals surface area contributed by atoms with Gasteiger partial charge < -0.3 is 10.5 Å². The number of nitrogens with two attached hydrogens (primary N) is 1. The molecule has 2 N–H and O–H groups in total. The van der Waals surface area contributed by atoms with Gasteiger partial charge in [0, 0.05) is 6.61 Å². The van der Waals surface area contributed by atoms with Gasteiger partial charge >= 0.3 is 0 Å². The number of hydrogen-bond donors (Lipinski definition) is 1. The van der Waals surface area contributed by atoms with Crippen LogP contribution in [0.1, 0.15) is 36.9 Å². The van der Waals surface area contributed by atoms with E-state index in [0.29, 0.717) is 0 Å². The van der Waals surface area contributed by atoms with Gasteiger partial charge in [-0.2, -0.15) is 0 Å². The van der Waals surface area contributed by atoms with Gasteiger partial charge in [-0.1, -0.05) is 31.2 Å². The van der Waals surface area contributed by atoms with Crippen LogP contribution in [-0.2, 0) is 11.2 Å². The molecule has 0 saturated heterocycles. The second-order valence-electron chi connectivity index (χ2n) is 4.17. The SMILES string of the molecule is CCCOC1CCc2ccccc2C1N. The van der Waals surface area contributed by atoms with E-state index in [1.165, 1.54) is 11.1 Å². The van der Waals surface area contributed by atoms with Crippen molar-refractivity contribution >= 4 is 0 Å². The highest BCUT2D eigenvalue weighted by Gasteiger charge is 2.26. The summed E-state index contributed by atoms with van der Waals surface area (Å²) in [5.41, 5.74) is 8.86. The summed E-state index contributed by atoms with van der Waals surface area (Å²) in [6, 6.07) is 8.49. The van der Waals surface area contributed by atoms with E-state index in [-0.39, 0.29) is 12.1 Å². The monoisotopic (exact) mass is 205 g/mol. The molecule has 82 valence electrons. The minimum Gasteiger partial charge on any atom is -0.376 e. The number of aryl methyl sites for hydroxylation is 1. The Morgan fingerprint density at radius 1 is 1.40 bits per heavy atom. The Morgan fingerprint density at radius 2 is 2.20 bits per heavy atom. The lowest BCUT2D eigenvalue weighted by Gasteiger charge is -2.30. The molecule has 2 nitrogen and oxygen atoms in total. The molecule has 0 heterocycles. The van der Waals surface area contributed by atoms with Crippen LogP contribution in [0, 0.1) is 0 Å². The fourth-order valence-electron chi connectivity index (χ4n) is 2.22. The largest absolute Gasteiger partial charge is 0.376 e. The minimum atomic E-state index is 0.0569. The van der Waals surface area contributed by atoms with Gasteiger partial charge in [0.2, 0.25) is 0 Å². The van der Waals surface area contributed by atoms with Gasteiger partial charge in [0.25, 0.3) is 0 Å². The molecule has 0 saturated carbocycles. The zero-order valence-electron chi connectivity index (χ0n) is 9.28. The molecule has 2 atom stereocenters. The van der Waals surface area contributed by atoms with E-state index < -0.39 is 0 Å². The zero-order chi connectivity index (χ0) is 10.7. The number of benzene rings is 1. The Hall–Kier alpha value is -0.860. The molecule has 0 radical (unpaired) electrons. The average molecular weight is 205 g/mol. The van der Waals surface area contributed by atoms with Crippen LogP contribution in [-0.4, -0.2) is 12.7 Å². The van der Waals surface area contributed by atoms with Gasteiger partial charge in [-0.15, -0.1) is 0 Å². The third-order valence-electron chi connectivity index (χ3n) is 3.05. The quantitative estimate of drug-likeness (QED) is 0.822. The van der Waals surface area contributed by atoms with Crippen LogP contribution >= 0.6 is 0 Å². The van der Waals surface area contributed by atoms with Gasteiger partial charge in [0.15, 0.2) is 0 Å². The lowest BCUT2D eigenvalue weighted by Crippen LogP contribution is -2.33. The summed E-state index contributed by atoms with van der Waals surface area (Å²) < 4.78 is 5.78. The standard InChI is InChI=1S/C13H19NO/c1-2-9-15-12-8-7-10-5-3-4-6-11(10)13(12)14/h3-6,12-13H,2,7-9,14H2,1H3. The molecule has 0 spiro atoms. The van der Waals surface area contributed by atoms with Crippen LogP contribution in [0.4, 0.5) is 0 Å². The second kappa shape index (κ2) is 4.77. The van der Waals surface area contributed by atoms with E-state index in [1.54, 1.807) is 0 Å². The highest BCUT2D eigenvalue weighted by Crippen LogP contribution is 2.29. The molecule has 1 aromatic rings. The van der Waals surface area contributed by atoms with E-state index in [4.69, 9.17) is 10.5 Å². The van der Waals surface area contributed by atoms with Crippen molar-refractivity contribution in [3.63, 3.8) is 0 Å². The highest BCUT2D eigenvalue weighted by atomic mass is 16.5. The predicted octanol–water partition coefficient (Wildman–Crippen LogP) is 2.43. The van der Waals surface area contributed by atoms with Gasteiger partial charge in [-0.25, -0.2) is 0 Å². The van der Waals surface area contributed by atoms with Crippen molar-refractivity contribution in [2.45, 2.75) is 38.3 Å². The first-order valence-electron chi connectivity index (χ1n) is 5.78. The molecule has 0 fully saturated rings. The summed E-state index contributed by atoms with van der Waals surface area (Å²) in [5, 5.41) is 0. The van der Waals surface area contributed by atoms with Gasteiger partial charge in [0.1, 0.15) is 0 Å². The van der Waals surface area contributed by atoms with E-state index >= 15 is 0 Å². The Labute approximate surface area is 91.4 Å². The Balaban J connectivity index is 2.11. The van der Waals surface area contributed by atoms with E-state index in [9.17, 15) is 0 Å². The summed E-state index contributed by atoms with van der Waals surface area (Å²) in [5.74, 6) is 0. The van der Waals surface area contributed by atoms with E-state index in [1.807, 2.05) is 0 Å². The Kier molecular flexibility index (Phi) is 3.39. The number of fused-ring (bicyclic) bond motifs is 1. The lowest BCUT2D eigenvalue weighted by atomic mass is 9.86. The zero-order valence-corrected chi connectivity index (χ0v) is 9.28. The van der Waals surface area contributed by atoms with Crippen molar-refractivity contribution in [2.24, 2.45) is 5.73 Å². The van der Waals surface area contributed by atoms with Crippen molar-refractivity contribution < 1.29 is 4.74 Å². The predicted molar refractivity (Wildman–Crippen MR) is 61.7 cm³/mol. The molecule has 0 aromatic heterocycles. The van der Waals surface area contributed by atoms with Crippen LogP contribution in [0.5, 0.6) is 0 Å². The smallest absolute Gasteiger partial charge is 0.0770 e. The lowest BCUT2D eigenvalue weighted by molar-refractivity contribution is 0.0256. The Morgan fingerprint density at radius 3 is 3.00 bits per heavy atom. The summed E-state index contributed by atoms with van der Waals surface area (Å²) >= 11 is 0. The van der Waals surface area contributed by atoms with Crippen LogP contribution in [0.2, 0.25) is 0 Å². The summed E-state index contributed by atoms with van der Waals surface area (Å²) in [6.45, 7) is 2.95. The van der Waals surface area contributed by atoms with Crippen LogP contribution in [0.15, 0.2) is 24.3 Å². The van der Waals surface area contributed by atoms with Crippen molar-refractivity contribution in [2.75, 3.05) is 6.61 Å². The summed E-state index contributed by atoms with van der Waals surface area (Å²) in [4.78, 5) is 0. The van der Waals surface area contributed by atoms with Crippen molar-refractivity contribution in [3.05, 3.63) is 35.4 Å². The molecule has 15 heavy (non-hydrogen) atoms. The number of hydrogen-bond acceptors (Lipinski definition) is 2. The molecule has 2 unspecified atom stereocenters. The molecule has 1 aliphatic rings. The molecule has 2 rings (SSSR count). The van der Waals surface area contributed by atoms with Crippen molar-refractivity contribution in [1.82, 2.24) is 0 Å². The molecule has 0 aliphatic heterocycles. The Bertz CT molecular complexity index is 324. The molecule has 0 bridgehead atoms. The third-order valence-corrected chi connectivity index (χ3v) is 3.05. The highest BCUT2D eigenvalue weighted by molar-refractivity contribution is 5.33. The van der Waals surface area contributed by atoms with Crippen LogP contribution in [0.25, 0.3) is 0 Å². The fourth-order valence-corrected chi connectivity index (χ4v) is 2.22. The molecule has 1 aromatic carbocycles. The molecular formula is C13H19NO. The van der Waals surface area contributed by atoms with Crippen molar-refractivity contribution in [1.29, 1.82) is 0 Å². The maximum absolute atomic E-state index is 6.21. The first-order valence-corrected chi connectivity index (χ1v) is 5.78. The van der Waals surface area contributed by atoms with E-state index in [0.717, 1.165) is 25.9 Å². The van der Waals surface area contributed by atoms with E-state index in [2.05, 4.69) is 31.2 Å². The normalized spacial score (nSPS) is 24.9. The number of rotatable bonds is 3.